The molecule has 0 radical (unpaired) electrons. The lowest BCUT2D eigenvalue weighted by Crippen LogP contribution is -2.50. The highest BCUT2D eigenvalue weighted by molar-refractivity contribution is 5.86. The molecule has 1 saturated heterocycles. The first-order valence-electron chi connectivity index (χ1n) is 8.31. The average molecular weight is 310 g/mol. The van der Waals surface area contributed by atoms with Crippen molar-refractivity contribution in [3.05, 3.63) is 0 Å². The molecule has 1 aliphatic heterocycles. The van der Waals surface area contributed by atoms with Crippen LogP contribution in [0.4, 0.5) is 0 Å². The molecule has 0 aromatic carbocycles. The summed E-state index contributed by atoms with van der Waals surface area (Å²) in [6.45, 7) is 3.92. The van der Waals surface area contributed by atoms with Crippen molar-refractivity contribution in [2.75, 3.05) is 19.6 Å². The van der Waals surface area contributed by atoms with Crippen molar-refractivity contribution in [1.82, 2.24) is 10.2 Å². The number of carbonyl (C=O) groups is 3. The monoisotopic (exact) mass is 310 g/mol. The van der Waals surface area contributed by atoms with Crippen LogP contribution in [-0.4, -0.2) is 47.4 Å². The van der Waals surface area contributed by atoms with E-state index in [1.54, 1.807) is 4.90 Å². The predicted molar refractivity (Wildman–Crippen MR) is 81.1 cm³/mol. The van der Waals surface area contributed by atoms with Crippen molar-refractivity contribution in [3.8, 4) is 0 Å². The van der Waals surface area contributed by atoms with Crippen molar-refractivity contribution in [2.24, 2.45) is 17.8 Å². The number of amides is 2. The normalized spacial score (nSPS) is 27.9. The Kier molecular flexibility index (Phi) is 5.80. The molecule has 124 valence electrons. The molecule has 2 aliphatic rings. The molecule has 2 rings (SSSR count). The molecule has 0 bridgehead atoms. The number of nitrogens with zero attached hydrogens (tertiary/aromatic N) is 1. The zero-order chi connectivity index (χ0) is 16.1. The largest absolute Gasteiger partial charge is 0.481 e. The first-order valence-corrected chi connectivity index (χ1v) is 8.31. The van der Waals surface area contributed by atoms with Gasteiger partial charge in [-0.05, 0) is 38.0 Å². The predicted octanol–water partition coefficient (Wildman–Crippen LogP) is 1.25. The van der Waals surface area contributed by atoms with Gasteiger partial charge in [0.15, 0.2) is 0 Å². The van der Waals surface area contributed by atoms with E-state index in [2.05, 4.69) is 5.32 Å². The van der Waals surface area contributed by atoms with Crippen LogP contribution in [-0.2, 0) is 14.4 Å². The van der Waals surface area contributed by atoms with E-state index in [1.807, 2.05) is 6.92 Å². The second-order valence-corrected chi connectivity index (χ2v) is 6.48. The number of aliphatic carboxylic acids is 1. The summed E-state index contributed by atoms with van der Waals surface area (Å²) in [6.07, 6.45) is 4.59. The smallest absolute Gasteiger partial charge is 0.307 e. The summed E-state index contributed by atoms with van der Waals surface area (Å²) in [7, 11) is 0. The highest BCUT2D eigenvalue weighted by Gasteiger charge is 2.43. The molecule has 1 heterocycles. The number of hydrogen-bond acceptors (Lipinski definition) is 3. The van der Waals surface area contributed by atoms with Crippen LogP contribution >= 0.6 is 0 Å². The number of carboxylic acid groups (broad SMARTS) is 1. The fourth-order valence-corrected chi connectivity index (χ4v) is 3.33. The Bertz CT molecular complexity index is 438. The molecule has 6 nitrogen and oxygen atoms in total. The Morgan fingerprint density at radius 1 is 1.18 bits per heavy atom. The standard InChI is InChI=1S/C16H26N2O4/c1-2-4-14(19)17-9-11-5-3-8-18(10-11)15(20)12-6-7-13(12)16(21)22/h11-13H,2-10H2,1H3,(H,17,19)(H,21,22). The van der Waals surface area contributed by atoms with Crippen LogP contribution in [0.25, 0.3) is 0 Å². The van der Waals surface area contributed by atoms with Crippen LogP contribution in [0.1, 0.15) is 45.4 Å². The van der Waals surface area contributed by atoms with Gasteiger partial charge in [0, 0.05) is 26.1 Å². The quantitative estimate of drug-likeness (QED) is 0.773. The lowest BCUT2D eigenvalue weighted by atomic mass is 9.72. The number of likely N-dealkylation sites (tertiary alicyclic amines) is 1. The van der Waals surface area contributed by atoms with E-state index in [1.165, 1.54) is 0 Å². The maximum Gasteiger partial charge on any atom is 0.307 e. The minimum Gasteiger partial charge on any atom is -0.481 e. The average Bonchev–Trinajstić information content (AvgIpc) is 2.44. The summed E-state index contributed by atoms with van der Waals surface area (Å²) in [5, 5.41) is 12.0. The van der Waals surface area contributed by atoms with Crippen LogP contribution in [0.2, 0.25) is 0 Å². The zero-order valence-corrected chi connectivity index (χ0v) is 13.2. The third kappa shape index (κ3) is 3.99. The van der Waals surface area contributed by atoms with Gasteiger partial charge in [0.1, 0.15) is 0 Å². The summed E-state index contributed by atoms with van der Waals surface area (Å²) in [4.78, 5) is 36.9. The van der Waals surface area contributed by atoms with Gasteiger partial charge < -0.3 is 15.3 Å². The Labute approximate surface area is 131 Å². The second kappa shape index (κ2) is 7.61. The van der Waals surface area contributed by atoms with Gasteiger partial charge in [0.2, 0.25) is 11.8 Å². The minimum atomic E-state index is -0.856. The van der Waals surface area contributed by atoms with Crippen molar-refractivity contribution in [2.45, 2.75) is 45.4 Å². The Balaban J connectivity index is 1.81. The fraction of sp³-hybridized carbons (Fsp3) is 0.812. The molecule has 0 aromatic rings. The third-order valence-electron chi connectivity index (χ3n) is 4.80. The van der Waals surface area contributed by atoms with Crippen molar-refractivity contribution in [1.29, 1.82) is 0 Å². The fourth-order valence-electron chi connectivity index (χ4n) is 3.33. The van der Waals surface area contributed by atoms with Gasteiger partial charge in [-0.25, -0.2) is 0 Å². The van der Waals surface area contributed by atoms with Crippen molar-refractivity contribution < 1.29 is 19.5 Å². The van der Waals surface area contributed by atoms with Crippen LogP contribution in [0.5, 0.6) is 0 Å². The number of hydrogen-bond donors (Lipinski definition) is 2. The molecule has 3 unspecified atom stereocenters. The highest BCUT2D eigenvalue weighted by atomic mass is 16.4. The molecule has 0 spiro atoms. The first kappa shape index (κ1) is 16.8. The van der Waals surface area contributed by atoms with Crippen molar-refractivity contribution >= 4 is 17.8 Å². The van der Waals surface area contributed by atoms with E-state index < -0.39 is 11.9 Å². The summed E-state index contributed by atoms with van der Waals surface area (Å²) in [5.74, 6) is -1.37. The molecular weight excluding hydrogens is 284 g/mol. The Hall–Kier alpha value is -1.59. The van der Waals surface area contributed by atoms with E-state index in [-0.39, 0.29) is 23.7 Å². The van der Waals surface area contributed by atoms with Gasteiger partial charge in [0.05, 0.1) is 11.8 Å². The van der Waals surface area contributed by atoms with Crippen molar-refractivity contribution in [3.63, 3.8) is 0 Å². The summed E-state index contributed by atoms with van der Waals surface area (Å²) in [5.41, 5.74) is 0. The number of carboxylic acids is 1. The van der Waals surface area contributed by atoms with E-state index >= 15 is 0 Å². The van der Waals surface area contributed by atoms with Gasteiger partial charge in [0.25, 0.3) is 0 Å². The molecule has 0 aromatic heterocycles. The maximum absolute atomic E-state index is 12.5. The van der Waals surface area contributed by atoms with Crippen LogP contribution in [0.3, 0.4) is 0 Å². The number of rotatable bonds is 6. The lowest BCUT2D eigenvalue weighted by Gasteiger charge is -2.39. The SMILES string of the molecule is CCCC(=O)NCC1CCCN(C(=O)C2CCC2C(=O)O)C1. The third-order valence-corrected chi connectivity index (χ3v) is 4.80. The van der Waals surface area contributed by atoms with Gasteiger partial charge in [-0.2, -0.15) is 0 Å². The Morgan fingerprint density at radius 2 is 1.91 bits per heavy atom. The van der Waals surface area contributed by atoms with E-state index in [9.17, 15) is 14.4 Å². The molecule has 2 N–H and O–H groups in total. The van der Waals surface area contributed by atoms with Crippen LogP contribution < -0.4 is 5.32 Å². The summed E-state index contributed by atoms with van der Waals surface area (Å²) in [6, 6.07) is 0. The number of nitrogens with one attached hydrogen (secondary N) is 1. The maximum atomic E-state index is 12.5. The molecular formula is C16H26N2O4. The molecule has 1 aliphatic carbocycles. The zero-order valence-electron chi connectivity index (χ0n) is 13.2. The second-order valence-electron chi connectivity index (χ2n) is 6.48. The van der Waals surface area contributed by atoms with Gasteiger partial charge in [-0.1, -0.05) is 6.92 Å². The lowest BCUT2D eigenvalue weighted by molar-refractivity contribution is -0.157. The van der Waals surface area contributed by atoms with Gasteiger partial charge in [-0.15, -0.1) is 0 Å². The summed E-state index contributed by atoms with van der Waals surface area (Å²) >= 11 is 0. The molecule has 6 heteroatoms. The molecule has 22 heavy (non-hydrogen) atoms. The first-order chi connectivity index (χ1) is 10.5. The van der Waals surface area contributed by atoms with Crippen LogP contribution in [0, 0.1) is 17.8 Å². The van der Waals surface area contributed by atoms with Crippen LogP contribution in [0.15, 0.2) is 0 Å². The van der Waals surface area contributed by atoms with Gasteiger partial charge >= 0.3 is 5.97 Å². The van der Waals surface area contributed by atoms with E-state index in [0.29, 0.717) is 38.9 Å². The summed E-state index contributed by atoms with van der Waals surface area (Å²) < 4.78 is 0. The minimum absolute atomic E-state index is 0.0109. The topological polar surface area (TPSA) is 86.7 Å². The number of piperidine rings is 1. The number of carbonyl (C=O) groups excluding carboxylic acids is 2. The Morgan fingerprint density at radius 3 is 2.50 bits per heavy atom. The van der Waals surface area contributed by atoms with E-state index in [4.69, 9.17) is 5.11 Å². The molecule has 1 saturated carbocycles. The molecule has 2 fully saturated rings. The molecule has 3 atom stereocenters. The van der Waals surface area contributed by atoms with E-state index in [0.717, 1.165) is 19.3 Å². The van der Waals surface area contributed by atoms with Gasteiger partial charge in [-0.3, -0.25) is 14.4 Å². The highest BCUT2D eigenvalue weighted by Crippen LogP contribution is 2.36. The molecule has 2 amide bonds.